The van der Waals surface area contributed by atoms with E-state index < -0.39 is 5.97 Å². The fraction of sp³-hybridized carbons (Fsp3) is 0.238. The molecule has 0 aliphatic carbocycles. The number of ether oxygens (including phenoxy) is 3. The molecule has 0 saturated heterocycles. The Hall–Kier alpha value is -3.28. The first-order valence-corrected chi connectivity index (χ1v) is 8.67. The van der Waals surface area contributed by atoms with E-state index in [0.29, 0.717) is 13.2 Å². The lowest BCUT2D eigenvalue weighted by Crippen LogP contribution is -2.08. The van der Waals surface area contributed by atoms with Gasteiger partial charge in [0.05, 0.1) is 33.1 Å². The van der Waals surface area contributed by atoms with Gasteiger partial charge in [-0.1, -0.05) is 12.1 Å². The van der Waals surface area contributed by atoms with E-state index >= 15 is 0 Å². The van der Waals surface area contributed by atoms with Crippen LogP contribution in [0.4, 0.5) is 0 Å². The normalized spacial score (nSPS) is 10.5. The molecule has 6 heteroatoms. The Morgan fingerprint density at radius 1 is 0.963 bits per heavy atom. The molecule has 0 bridgehead atoms. The van der Waals surface area contributed by atoms with Gasteiger partial charge in [-0.3, -0.25) is 4.68 Å². The summed E-state index contributed by atoms with van der Waals surface area (Å²) in [5.74, 6) is 1.13. The largest absolute Gasteiger partial charge is 0.497 e. The molecule has 27 heavy (non-hydrogen) atoms. The molecule has 0 atom stereocenters. The second-order valence-electron chi connectivity index (χ2n) is 5.87. The van der Waals surface area contributed by atoms with Gasteiger partial charge in [-0.05, 0) is 55.0 Å². The highest BCUT2D eigenvalue weighted by atomic mass is 16.5. The molecule has 6 nitrogen and oxygen atoms in total. The number of esters is 1. The summed E-state index contributed by atoms with van der Waals surface area (Å²) in [6.45, 7) is 2.60. The standard InChI is InChI=1S/C21H22N2O4/c1-4-27-21(24)19-13-20(16-7-11-18(26-3)12-8-16)23(22-19)14-15-5-9-17(25-2)10-6-15/h5-13H,4,14H2,1-3H3. The third-order valence-corrected chi connectivity index (χ3v) is 4.14. The lowest BCUT2D eigenvalue weighted by atomic mass is 10.1. The summed E-state index contributed by atoms with van der Waals surface area (Å²) in [6, 6.07) is 17.1. The minimum absolute atomic E-state index is 0.288. The van der Waals surface area contributed by atoms with Gasteiger partial charge in [0.2, 0.25) is 0 Å². The number of hydrogen-bond donors (Lipinski definition) is 0. The van der Waals surface area contributed by atoms with E-state index in [9.17, 15) is 4.79 Å². The summed E-state index contributed by atoms with van der Waals surface area (Å²) < 4.78 is 17.3. The van der Waals surface area contributed by atoms with Crippen LogP contribution in [0.25, 0.3) is 11.3 Å². The fourth-order valence-corrected chi connectivity index (χ4v) is 2.74. The Labute approximate surface area is 158 Å². The quantitative estimate of drug-likeness (QED) is 0.595. The van der Waals surface area contributed by atoms with Crippen LogP contribution in [-0.2, 0) is 11.3 Å². The molecule has 1 heterocycles. The van der Waals surface area contributed by atoms with Gasteiger partial charge in [0, 0.05) is 5.56 Å². The predicted molar refractivity (Wildman–Crippen MR) is 102 cm³/mol. The van der Waals surface area contributed by atoms with E-state index in [1.807, 2.05) is 48.5 Å². The van der Waals surface area contributed by atoms with Gasteiger partial charge < -0.3 is 14.2 Å². The van der Waals surface area contributed by atoms with Crippen molar-refractivity contribution in [2.45, 2.75) is 13.5 Å². The van der Waals surface area contributed by atoms with E-state index in [2.05, 4.69) is 5.10 Å². The van der Waals surface area contributed by atoms with E-state index in [1.165, 1.54) is 0 Å². The molecule has 140 valence electrons. The molecule has 0 spiro atoms. The van der Waals surface area contributed by atoms with Crippen LogP contribution in [0, 0.1) is 0 Å². The molecule has 0 aliphatic rings. The summed E-state index contributed by atoms with van der Waals surface area (Å²) in [4.78, 5) is 12.1. The Morgan fingerprint density at radius 2 is 1.56 bits per heavy atom. The summed E-state index contributed by atoms with van der Waals surface area (Å²) in [5, 5.41) is 4.47. The van der Waals surface area contributed by atoms with Crippen molar-refractivity contribution in [3.8, 4) is 22.8 Å². The maximum absolute atomic E-state index is 12.1. The molecule has 3 rings (SSSR count). The van der Waals surface area contributed by atoms with Crippen molar-refractivity contribution in [2.75, 3.05) is 20.8 Å². The molecule has 0 saturated carbocycles. The monoisotopic (exact) mass is 366 g/mol. The van der Waals surface area contributed by atoms with Crippen LogP contribution in [0.5, 0.6) is 11.5 Å². The predicted octanol–water partition coefficient (Wildman–Crippen LogP) is 3.79. The number of rotatable bonds is 7. The number of carbonyl (C=O) groups excluding carboxylic acids is 1. The average molecular weight is 366 g/mol. The Morgan fingerprint density at radius 3 is 2.11 bits per heavy atom. The highest BCUT2D eigenvalue weighted by molar-refractivity contribution is 5.88. The van der Waals surface area contributed by atoms with Crippen molar-refractivity contribution in [3.05, 3.63) is 65.9 Å². The van der Waals surface area contributed by atoms with Gasteiger partial charge in [-0.15, -0.1) is 0 Å². The molecule has 2 aromatic carbocycles. The van der Waals surface area contributed by atoms with Gasteiger partial charge >= 0.3 is 5.97 Å². The second kappa shape index (κ2) is 8.40. The third kappa shape index (κ3) is 4.28. The van der Waals surface area contributed by atoms with Crippen molar-refractivity contribution in [1.82, 2.24) is 9.78 Å². The maximum atomic E-state index is 12.1. The number of carbonyl (C=O) groups is 1. The molecule has 0 amide bonds. The number of benzene rings is 2. The summed E-state index contributed by atoms with van der Waals surface area (Å²) in [5.41, 5.74) is 3.10. The van der Waals surface area contributed by atoms with Crippen LogP contribution in [0.3, 0.4) is 0 Å². The Kier molecular flexibility index (Phi) is 5.76. The van der Waals surface area contributed by atoms with Crippen LogP contribution >= 0.6 is 0 Å². The number of hydrogen-bond acceptors (Lipinski definition) is 5. The van der Waals surface area contributed by atoms with Crippen LogP contribution < -0.4 is 9.47 Å². The highest BCUT2D eigenvalue weighted by Crippen LogP contribution is 2.25. The molecule has 0 radical (unpaired) electrons. The zero-order valence-corrected chi connectivity index (χ0v) is 15.6. The number of nitrogens with zero attached hydrogens (tertiary/aromatic N) is 2. The van der Waals surface area contributed by atoms with Gasteiger partial charge in [-0.25, -0.2) is 4.79 Å². The molecule has 0 N–H and O–H groups in total. The smallest absolute Gasteiger partial charge is 0.358 e. The van der Waals surface area contributed by atoms with Crippen LogP contribution in [0.1, 0.15) is 23.0 Å². The molecule has 0 fully saturated rings. The maximum Gasteiger partial charge on any atom is 0.358 e. The van der Waals surface area contributed by atoms with Gasteiger partial charge in [-0.2, -0.15) is 5.10 Å². The number of aromatic nitrogens is 2. The molecular weight excluding hydrogens is 344 g/mol. The zero-order chi connectivity index (χ0) is 19.2. The van der Waals surface area contributed by atoms with Gasteiger partial charge in [0.1, 0.15) is 11.5 Å². The van der Waals surface area contributed by atoms with E-state index in [1.54, 1.807) is 31.9 Å². The van der Waals surface area contributed by atoms with Crippen molar-refractivity contribution in [2.24, 2.45) is 0 Å². The van der Waals surface area contributed by atoms with Crippen molar-refractivity contribution in [1.29, 1.82) is 0 Å². The SMILES string of the molecule is CCOC(=O)c1cc(-c2ccc(OC)cc2)n(Cc2ccc(OC)cc2)n1. The first kappa shape index (κ1) is 18.5. The number of methoxy groups -OCH3 is 2. The molecule has 3 aromatic rings. The van der Waals surface area contributed by atoms with Crippen molar-refractivity contribution >= 4 is 5.97 Å². The molecular formula is C21H22N2O4. The minimum atomic E-state index is -0.430. The topological polar surface area (TPSA) is 62.6 Å². The van der Waals surface area contributed by atoms with Crippen LogP contribution in [-0.4, -0.2) is 36.6 Å². The fourth-order valence-electron chi connectivity index (χ4n) is 2.74. The highest BCUT2D eigenvalue weighted by Gasteiger charge is 2.17. The first-order valence-electron chi connectivity index (χ1n) is 8.67. The summed E-state index contributed by atoms with van der Waals surface area (Å²) in [6.07, 6.45) is 0. The van der Waals surface area contributed by atoms with E-state index in [4.69, 9.17) is 14.2 Å². The second-order valence-corrected chi connectivity index (χ2v) is 5.87. The van der Waals surface area contributed by atoms with Crippen LogP contribution in [0.2, 0.25) is 0 Å². The summed E-state index contributed by atoms with van der Waals surface area (Å²) in [7, 11) is 3.26. The third-order valence-electron chi connectivity index (χ3n) is 4.14. The van der Waals surface area contributed by atoms with Crippen LogP contribution in [0.15, 0.2) is 54.6 Å². The van der Waals surface area contributed by atoms with Gasteiger partial charge in [0.15, 0.2) is 5.69 Å². The van der Waals surface area contributed by atoms with Crippen molar-refractivity contribution < 1.29 is 19.0 Å². The Bertz CT molecular complexity index is 899. The van der Waals surface area contributed by atoms with Crippen molar-refractivity contribution in [3.63, 3.8) is 0 Å². The first-order chi connectivity index (χ1) is 13.1. The van der Waals surface area contributed by atoms with Gasteiger partial charge in [0.25, 0.3) is 0 Å². The average Bonchev–Trinajstić information content (AvgIpc) is 3.13. The lowest BCUT2D eigenvalue weighted by molar-refractivity contribution is 0.0518. The Balaban J connectivity index is 1.96. The zero-order valence-electron chi connectivity index (χ0n) is 15.6. The lowest BCUT2D eigenvalue weighted by Gasteiger charge is -2.09. The van der Waals surface area contributed by atoms with E-state index in [0.717, 1.165) is 28.3 Å². The van der Waals surface area contributed by atoms with E-state index in [-0.39, 0.29) is 5.69 Å². The molecule has 0 aliphatic heterocycles. The molecule has 0 unspecified atom stereocenters. The summed E-state index contributed by atoms with van der Waals surface area (Å²) >= 11 is 0. The molecule has 1 aromatic heterocycles. The minimum Gasteiger partial charge on any atom is -0.497 e.